The van der Waals surface area contributed by atoms with Crippen molar-refractivity contribution < 1.29 is 17.2 Å². The number of rotatable bonds is 3. The number of halogens is 3. The van der Waals surface area contributed by atoms with Crippen LogP contribution in [0.15, 0.2) is 47.5 Å². The van der Waals surface area contributed by atoms with Crippen molar-refractivity contribution in [3.05, 3.63) is 64.7 Å². The molecule has 0 N–H and O–H groups in total. The first kappa shape index (κ1) is 18.7. The van der Waals surface area contributed by atoms with Crippen molar-refractivity contribution in [1.29, 1.82) is 0 Å². The van der Waals surface area contributed by atoms with Gasteiger partial charge in [0.1, 0.15) is 11.6 Å². The van der Waals surface area contributed by atoms with Crippen LogP contribution in [0.4, 0.5) is 14.5 Å². The lowest BCUT2D eigenvalue weighted by Crippen LogP contribution is -2.29. The first-order chi connectivity index (χ1) is 12.8. The van der Waals surface area contributed by atoms with Crippen LogP contribution in [-0.4, -0.2) is 36.4 Å². The third kappa shape index (κ3) is 3.83. The lowest BCUT2D eigenvalue weighted by molar-refractivity contribution is 0.601. The summed E-state index contributed by atoms with van der Waals surface area (Å²) < 4.78 is 51.4. The van der Waals surface area contributed by atoms with E-state index in [4.69, 9.17) is 11.6 Å². The quantitative estimate of drug-likeness (QED) is 0.744. The van der Waals surface area contributed by atoms with Crippen molar-refractivity contribution in [2.24, 2.45) is 4.99 Å². The molecular formula is C18H15ClF2N2O2S2. The van der Waals surface area contributed by atoms with E-state index in [0.29, 0.717) is 16.4 Å². The molecule has 4 nitrogen and oxygen atoms in total. The average molecular weight is 429 g/mol. The summed E-state index contributed by atoms with van der Waals surface area (Å²) in [4.78, 5) is 6.22. The second-order valence-electron chi connectivity index (χ2n) is 6.49. The minimum Gasteiger partial charge on any atom is -0.314 e. The van der Waals surface area contributed by atoms with Crippen molar-refractivity contribution >= 4 is 44.1 Å². The SMILES string of the molecule is O=S1(=O)C[C@H]2N=C(N(Cc3ccc(F)cc3Cl)c3ccccc3F)S[C@@H]2C1. The largest absolute Gasteiger partial charge is 0.314 e. The fraction of sp³-hybridized carbons (Fsp3) is 0.278. The molecule has 2 aromatic carbocycles. The van der Waals surface area contributed by atoms with Crippen LogP contribution in [0.2, 0.25) is 5.02 Å². The van der Waals surface area contributed by atoms with E-state index < -0.39 is 21.5 Å². The van der Waals surface area contributed by atoms with Crippen molar-refractivity contribution in [1.82, 2.24) is 0 Å². The van der Waals surface area contributed by atoms with Gasteiger partial charge in [0.25, 0.3) is 0 Å². The predicted octanol–water partition coefficient (Wildman–Crippen LogP) is 3.89. The van der Waals surface area contributed by atoms with Gasteiger partial charge < -0.3 is 4.90 Å². The Hall–Kier alpha value is -1.64. The number of anilines is 1. The topological polar surface area (TPSA) is 49.7 Å². The van der Waals surface area contributed by atoms with Crippen LogP contribution >= 0.6 is 23.4 Å². The van der Waals surface area contributed by atoms with E-state index in [2.05, 4.69) is 4.99 Å². The number of nitrogens with zero attached hydrogens (tertiary/aromatic N) is 2. The molecular weight excluding hydrogens is 414 g/mol. The van der Waals surface area contributed by atoms with Crippen molar-refractivity contribution in [2.45, 2.75) is 17.8 Å². The first-order valence-electron chi connectivity index (χ1n) is 8.23. The summed E-state index contributed by atoms with van der Waals surface area (Å²) in [7, 11) is -3.08. The highest BCUT2D eigenvalue weighted by atomic mass is 35.5. The first-order valence-corrected chi connectivity index (χ1v) is 11.3. The van der Waals surface area contributed by atoms with Crippen molar-refractivity contribution in [2.75, 3.05) is 16.4 Å². The van der Waals surface area contributed by atoms with E-state index >= 15 is 0 Å². The molecule has 142 valence electrons. The summed E-state index contributed by atoms with van der Waals surface area (Å²) in [6, 6.07) is 10.0. The van der Waals surface area contributed by atoms with Crippen molar-refractivity contribution in [3.63, 3.8) is 0 Å². The Morgan fingerprint density at radius 2 is 1.96 bits per heavy atom. The molecule has 2 aliphatic rings. The van der Waals surface area contributed by atoms with Gasteiger partial charge in [0.2, 0.25) is 0 Å². The van der Waals surface area contributed by atoms with Gasteiger partial charge in [-0.05, 0) is 29.8 Å². The van der Waals surface area contributed by atoms with Crippen molar-refractivity contribution in [3.8, 4) is 0 Å². The molecule has 0 aliphatic carbocycles. The number of aliphatic imine (C=N–C) groups is 1. The standard InChI is InChI=1S/C18H15ClF2N2O2S2/c19-13-7-12(20)6-5-11(13)8-23(16-4-2-1-3-14(16)21)18-22-15-9-27(24,25)10-17(15)26-18/h1-7,15,17H,8-10H2/t15-,17-/m1/s1. The zero-order valence-electron chi connectivity index (χ0n) is 14.0. The second kappa shape index (κ2) is 7.07. The van der Waals surface area contributed by atoms with Gasteiger partial charge in [-0.1, -0.05) is 41.6 Å². The molecule has 2 aromatic rings. The van der Waals surface area contributed by atoms with Gasteiger partial charge in [-0.25, -0.2) is 17.2 Å². The van der Waals surface area contributed by atoms with Crippen LogP contribution in [-0.2, 0) is 16.4 Å². The molecule has 2 aliphatic heterocycles. The molecule has 1 fully saturated rings. The predicted molar refractivity (Wildman–Crippen MR) is 105 cm³/mol. The molecule has 2 heterocycles. The van der Waals surface area contributed by atoms with E-state index in [1.54, 1.807) is 29.2 Å². The van der Waals surface area contributed by atoms with Crippen LogP contribution in [0.3, 0.4) is 0 Å². The van der Waals surface area contributed by atoms with E-state index in [-0.39, 0.29) is 34.4 Å². The van der Waals surface area contributed by atoms with Crippen LogP contribution in [0.1, 0.15) is 5.56 Å². The molecule has 27 heavy (non-hydrogen) atoms. The second-order valence-corrected chi connectivity index (χ2v) is 10.3. The summed E-state index contributed by atoms with van der Waals surface area (Å²) >= 11 is 7.49. The zero-order valence-corrected chi connectivity index (χ0v) is 16.4. The third-order valence-corrected chi connectivity index (χ3v) is 8.12. The third-order valence-electron chi connectivity index (χ3n) is 4.52. The Kier molecular flexibility index (Phi) is 4.90. The minimum atomic E-state index is -3.08. The van der Waals surface area contributed by atoms with Gasteiger partial charge in [0.15, 0.2) is 15.0 Å². The van der Waals surface area contributed by atoms with E-state index in [9.17, 15) is 17.2 Å². The number of sulfone groups is 1. The molecule has 0 amide bonds. The molecule has 0 bridgehead atoms. The van der Waals surface area contributed by atoms with Gasteiger partial charge >= 0.3 is 0 Å². The maximum atomic E-state index is 14.5. The maximum Gasteiger partial charge on any atom is 0.164 e. The normalized spacial score (nSPS) is 23.1. The molecule has 0 radical (unpaired) electrons. The van der Waals surface area contributed by atoms with E-state index in [0.717, 1.165) is 0 Å². The number of hydrogen-bond acceptors (Lipinski definition) is 5. The number of fused-ring (bicyclic) bond motifs is 1. The molecule has 0 aromatic heterocycles. The Balaban J connectivity index is 1.71. The van der Waals surface area contributed by atoms with Gasteiger partial charge in [0.05, 0.1) is 29.8 Å². The van der Waals surface area contributed by atoms with E-state index in [1.165, 1.54) is 30.0 Å². The van der Waals surface area contributed by atoms with Gasteiger partial charge in [-0.3, -0.25) is 4.99 Å². The summed E-state index contributed by atoms with van der Waals surface area (Å²) in [6.07, 6.45) is 0. The Labute approximate surface area is 165 Å². The van der Waals surface area contributed by atoms with Gasteiger partial charge in [-0.2, -0.15) is 0 Å². The lowest BCUT2D eigenvalue weighted by atomic mass is 10.2. The smallest absolute Gasteiger partial charge is 0.164 e. The molecule has 0 saturated carbocycles. The highest BCUT2D eigenvalue weighted by molar-refractivity contribution is 8.15. The number of thioether (sulfide) groups is 1. The number of amidine groups is 1. The number of para-hydroxylation sites is 1. The molecule has 4 rings (SSSR count). The van der Waals surface area contributed by atoms with Gasteiger partial charge in [0, 0.05) is 10.3 Å². The summed E-state index contributed by atoms with van der Waals surface area (Å²) in [5.41, 5.74) is 0.932. The zero-order chi connectivity index (χ0) is 19.2. The number of benzene rings is 2. The summed E-state index contributed by atoms with van der Waals surface area (Å²) in [6.45, 7) is 0.193. The Bertz CT molecular complexity index is 1030. The van der Waals surface area contributed by atoms with E-state index in [1.807, 2.05) is 0 Å². The molecule has 0 spiro atoms. The number of hydrogen-bond donors (Lipinski definition) is 0. The monoisotopic (exact) mass is 428 g/mol. The van der Waals surface area contributed by atoms with Crippen LogP contribution in [0.5, 0.6) is 0 Å². The minimum absolute atomic E-state index is 0.0105. The summed E-state index contributed by atoms with van der Waals surface area (Å²) in [5.74, 6) is -0.800. The molecule has 1 saturated heterocycles. The molecule has 9 heteroatoms. The average Bonchev–Trinajstić information content (AvgIpc) is 3.08. The van der Waals surface area contributed by atoms with Gasteiger partial charge in [-0.15, -0.1) is 0 Å². The molecule has 0 unspecified atom stereocenters. The highest BCUT2D eigenvalue weighted by Gasteiger charge is 2.44. The highest BCUT2D eigenvalue weighted by Crippen LogP contribution is 2.38. The summed E-state index contributed by atoms with van der Waals surface area (Å²) in [5, 5.41) is 0.621. The molecule has 2 atom stereocenters. The van der Waals surface area contributed by atoms with Crippen LogP contribution in [0, 0.1) is 11.6 Å². The van der Waals surface area contributed by atoms with Crippen LogP contribution < -0.4 is 4.90 Å². The Morgan fingerprint density at radius 3 is 2.67 bits per heavy atom. The fourth-order valence-electron chi connectivity index (χ4n) is 3.22. The fourth-order valence-corrected chi connectivity index (χ4v) is 7.22. The lowest BCUT2D eigenvalue weighted by Gasteiger charge is -2.25. The Morgan fingerprint density at radius 1 is 1.19 bits per heavy atom. The van der Waals surface area contributed by atoms with Crippen LogP contribution in [0.25, 0.3) is 0 Å². The maximum absolute atomic E-state index is 14.5.